The molecule has 7 nitrogen and oxygen atoms in total. The molecule has 0 atom stereocenters. The smallest absolute Gasteiger partial charge is 0.274 e. The van der Waals surface area contributed by atoms with E-state index in [1.807, 2.05) is 0 Å². The molecule has 0 bridgehead atoms. The number of aromatic nitrogens is 1. The SMILES string of the molecule is Cc1ccc(S(=O)(=O)NC2CCC(CCN3CCN(c4nsc5ccccc45)CC3)CC2)o1. The summed E-state index contributed by atoms with van der Waals surface area (Å²) < 4.78 is 39.1. The van der Waals surface area contributed by atoms with Crippen LogP contribution in [0.25, 0.3) is 10.1 Å². The summed E-state index contributed by atoms with van der Waals surface area (Å²) >= 11 is 1.59. The standard InChI is InChI=1S/C24H32N4O3S2/c1-18-6-11-23(31-18)33(29,30)26-20-9-7-19(8-10-20)12-13-27-14-16-28(17-15-27)24-21-4-2-3-5-22(21)32-25-24/h2-6,11,19-20,26H,7-10,12-17H2,1H3. The lowest BCUT2D eigenvalue weighted by Gasteiger charge is -2.36. The molecule has 1 saturated heterocycles. The van der Waals surface area contributed by atoms with E-state index in [0.29, 0.717) is 11.7 Å². The molecule has 3 heterocycles. The Labute approximate surface area is 200 Å². The molecule has 1 aliphatic heterocycles. The first-order chi connectivity index (χ1) is 16.0. The van der Waals surface area contributed by atoms with Gasteiger partial charge in [-0.3, -0.25) is 4.90 Å². The third-order valence-electron chi connectivity index (χ3n) is 7.03. The number of piperazine rings is 1. The molecule has 0 amide bonds. The van der Waals surface area contributed by atoms with Gasteiger partial charge in [0.25, 0.3) is 10.0 Å². The fraction of sp³-hybridized carbons (Fsp3) is 0.542. The van der Waals surface area contributed by atoms with E-state index in [9.17, 15) is 8.42 Å². The van der Waals surface area contributed by atoms with Crippen molar-refractivity contribution in [1.29, 1.82) is 0 Å². The van der Waals surface area contributed by atoms with E-state index in [2.05, 4.69) is 38.8 Å². The van der Waals surface area contributed by atoms with E-state index in [-0.39, 0.29) is 11.1 Å². The van der Waals surface area contributed by atoms with Crippen LogP contribution in [0.4, 0.5) is 5.82 Å². The van der Waals surface area contributed by atoms with Gasteiger partial charge in [-0.25, -0.2) is 13.1 Å². The fourth-order valence-electron chi connectivity index (χ4n) is 5.05. The maximum atomic E-state index is 12.5. The molecule has 178 valence electrons. The highest BCUT2D eigenvalue weighted by molar-refractivity contribution is 7.89. The van der Waals surface area contributed by atoms with Gasteiger partial charge in [-0.2, -0.15) is 4.37 Å². The molecule has 0 radical (unpaired) electrons. The highest BCUT2D eigenvalue weighted by Gasteiger charge is 2.28. The quantitative estimate of drug-likeness (QED) is 0.536. The Kier molecular flexibility index (Phi) is 6.74. The Balaban J connectivity index is 1.04. The van der Waals surface area contributed by atoms with Crippen molar-refractivity contribution < 1.29 is 12.8 Å². The molecule has 0 unspecified atom stereocenters. The van der Waals surface area contributed by atoms with Crippen molar-refractivity contribution in [3.05, 3.63) is 42.2 Å². The molecule has 1 N–H and O–H groups in total. The topological polar surface area (TPSA) is 78.7 Å². The largest absolute Gasteiger partial charge is 0.449 e. The Bertz CT molecular complexity index is 1170. The van der Waals surface area contributed by atoms with Crippen LogP contribution in [0.1, 0.15) is 37.9 Å². The second-order valence-corrected chi connectivity index (χ2v) is 11.8. The number of furan rings is 1. The number of nitrogens with one attached hydrogen (secondary N) is 1. The zero-order valence-electron chi connectivity index (χ0n) is 19.1. The van der Waals surface area contributed by atoms with Gasteiger partial charge in [0.15, 0.2) is 0 Å². The third-order valence-corrected chi connectivity index (χ3v) is 9.24. The van der Waals surface area contributed by atoms with E-state index in [1.165, 1.54) is 22.6 Å². The molecule has 3 aromatic rings. The van der Waals surface area contributed by atoms with Crippen LogP contribution in [0.15, 0.2) is 45.9 Å². The van der Waals surface area contributed by atoms with Gasteiger partial charge in [-0.15, -0.1) is 0 Å². The zero-order valence-corrected chi connectivity index (χ0v) is 20.7. The van der Waals surface area contributed by atoms with Gasteiger partial charge < -0.3 is 9.32 Å². The number of hydrogen-bond donors (Lipinski definition) is 1. The number of nitrogens with zero attached hydrogens (tertiary/aromatic N) is 3. The van der Waals surface area contributed by atoms with Crippen LogP contribution in [0.2, 0.25) is 0 Å². The molecule has 1 aliphatic carbocycles. The monoisotopic (exact) mass is 488 g/mol. The van der Waals surface area contributed by atoms with E-state index in [4.69, 9.17) is 8.79 Å². The van der Waals surface area contributed by atoms with E-state index < -0.39 is 10.0 Å². The van der Waals surface area contributed by atoms with Crippen molar-refractivity contribution in [2.24, 2.45) is 5.92 Å². The minimum atomic E-state index is -3.56. The fourth-order valence-corrected chi connectivity index (χ4v) is 7.13. The van der Waals surface area contributed by atoms with Crippen molar-refractivity contribution in [1.82, 2.24) is 14.0 Å². The number of anilines is 1. The normalized spacial score (nSPS) is 22.8. The van der Waals surface area contributed by atoms with Crippen molar-refractivity contribution in [3.63, 3.8) is 0 Å². The number of hydrogen-bond acceptors (Lipinski definition) is 7. The Morgan fingerprint density at radius 3 is 2.55 bits per heavy atom. The van der Waals surface area contributed by atoms with E-state index >= 15 is 0 Å². The van der Waals surface area contributed by atoms with Gasteiger partial charge in [-0.05, 0) is 87.3 Å². The van der Waals surface area contributed by atoms with Crippen molar-refractivity contribution in [3.8, 4) is 0 Å². The highest BCUT2D eigenvalue weighted by Crippen LogP contribution is 2.31. The van der Waals surface area contributed by atoms with Crippen LogP contribution in [-0.2, 0) is 10.0 Å². The second kappa shape index (κ2) is 9.74. The first-order valence-corrected chi connectivity index (χ1v) is 14.1. The summed E-state index contributed by atoms with van der Waals surface area (Å²) in [6.45, 7) is 7.07. The summed E-state index contributed by atoms with van der Waals surface area (Å²) in [7, 11) is -3.56. The summed E-state index contributed by atoms with van der Waals surface area (Å²) in [6, 6.07) is 11.7. The lowest BCUT2D eigenvalue weighted by molar-refractivity contribution is 0.214. The van der Waals surface area contributed by atoms with Crippen LogP contribution in [0, 0.1) is 12.8 Å². The lowest BCUT2D eigenvalue weighted by Crippen LogP contribution is -2.47. The summed E-state index contributed by atoms with van der Waals surface area (Å²) in [4.78, 5) is 4.99. The Hall–Kier alpha value is -1.94. The lowest BCUT2D eigenvalue weighted by atomic mass is 9.84. The Morgan fingerprint density at radius 2 is 1.82 bits per heavy atom. The molecular formula is C24H32N4O3S2. The number of sulfonamides is 1. The van der Waals surface area contributed by atoms with Gasteiger partial charge in [0.1, 0.15) is 11.6 Å². The predicted octanol–water partition coefficient (Wildman–Crippen LogP) is 4.25. The maximum Gasteiger partial charge on any atom is 0.274 e. The number of aryl methyl sites for hydroxylation is 1. The van der Waals surface area contributed by atoms with Crippen LogP contribution in [-0.4, -0.2) is 56.5 Å². The van der Waals surface area contributed by atoms with Crippen LogP contribution in [0.5, 0.6) is 0 Å². The molecule has 1 saturated carbocycles. The summed E-state index contributed by atoms with van der Waals surface area (Å²) in [6.07, 6.45) is 5.14. The molecule has 2 fully saturated rings. The number of fused-ring (bicyclic) bond motifs is 1. The van der Waals surface area contributed by atoms with E-state index in [1.54, 1.807) is 24.5 Å². The molecule has 2 aliphatic rings. The van der Waals surface area contributed by atoms with Crippen molar-refractivity contribution in [2.45, 2.75) is 50.2 Å². The molecule has 0 spiro atoms. The summed E-state index contributed by atoms with van der Waals surface area (Å²) in [5, 5.41) is 1.29. The average molecular weight is 489 g/mol. The van der Waals surface area contributed by atoms with Gasteiger partial charge in [0.2, 0.25) is 5.09 Å². The van der Waals surface area contributed by atoms with Gasteiger partial charge in [0, 0.05) is 37.6 Å². The second-order valence-electron chi connectivity index (χ2n) is 9.32. The third kappa shape index (κ3) is 5.26. The number of rotatable bonds is 7. The van der Waals surface area contributed by atoms with Crippen molar-refractivity contribution in [2.75, 3.05) is 37.6 Å². The van der Waals surface area contributed by atoms with Crippen LogP contribution in [0.3, 0.4) is 0 Å². The molecule has 1 aromatic carbocycles. The van der Waals surface area contributed by atoms with Crippen molar-refractivity contribution >= 4 is 37.5 Å². The Morgan fingerprint density at radius 1 is 1.06 bits per heavy atom. The molecule has 2 aromatic heterocycles. The molecular weight excluding hydrogens is 456 g/mol. The predicted molar refractivity (Wildman–Crippen MR) is 132 cm³/mol. The first kappa shape index (κ1) is 22.8. The first-order valence-electron chi connectivity index (χ1n) is 11.9. The maximum absolute atomic E-state index is 12.5. The zero-order chi connectivity index (χ0) is 22.8. The summed E-state index contributed by atoms with van der Waals surface area (Å²) in [5.41, 5.74) is 0. The van der Waals surface area contributed by atoms with E-state index in [0.717, 1.165) is 64.2 Å². The van der Waals surface area contributed by atoms with Crippen LogP contribution >= 0.6 is 11.5 Å². The van der Waals surface area contributed by atoms with Gasteiger partial charge in [0.05, 0.1) is 4.70 Å². The van der Waals surface area contributed by atoms with Crippen LogP contribution < -0.4 is 9.62 Å². The molecule has 9 heteroatoms. The average Bonchev–Trinajstić information content (AvgIpc) is 3.46. The molecule has 33 heavy (non-hydrogen) atoms. The molecule has 5 rings (SSSR count). The minimum Gasteiger partial charge on any atom is -0.449 e. The number of benzene rings is 1. The van der Waals surface area contributed by atoms with Gasteiger partial charge in [-0.1, -0.05) is 12.1 Å². The van der Waals surface area contributed by atoms with Gasteiger partial charge >= 0.3 is 0 Å². The minimum absolute atomic E-state index is 0.00753. The summed E-state index contributed by atoms with van der Waals surface area (Å²) in [5.74, 6) is 2.43. The highest BCUT2D eigenvalue weighted by atomic mass is 32.2.